The number of amides is 1. The second kappa shape index (κ2) is 6.36. The van der Waals surface area contributed by atoms with Gasteiger partial charge in [0.2, 0.25) is 15.9 Å². The normalized spacial score (nSPS) is 22.3. The third kappa shape index (κ3) is 3.02. The summed E-state index contributed by atoms with van der Waals surface area (Å²) in [6.45, 7) is 3.76. The number of fused-ring (bicyclic) bond motifs is 1. The number of carbonyl (C=O) groups is 1. The van der Waals surface area contributed by atoms with Crippen molar-refractivity contribution in [1.29, 1.82) is 0 Å². The summed E-state index contributed by atoms with van der Waals surface area (Å²) in [5, 5.41) is 2.76. The molecule has 0 bridgehead atoms. The van der Waals surface area contributed by atoms with E-state index in [0.29, 0.717) is 17.5 Å². The van der Waals surface area contributed by atoms with Gasteiger partial charge in [0, 0.05) is 18.6 Å². The monoisotopic (exact) mass is 369 g/mol. The van der Waals surface area contributed by atoms with Gasteiger partial charge in [0.1, 0.15) is 22.0 Å². The molecule has 130 valence electrons. The fourth-order valence-electron chi connectivity index (χ4n) is 2.84. The Hall–Kier alpha value is -1.62. The number of benzene rings is 1. The molecule has 1 amide bonds. The van der Waals surface area contributed by atoms with E-state index in [0.717, 1.165) is 11.7 Å². The summed E-state index contributed by atoms with van der Waals surface area (Å²) in [6.07, 6.45) is 0.295. The predicted octanol–water partition coefficient (Wildman–Crippen LogP) is 0.306. The summed E-state index contributed by atoms with van der Waals surface area (Å²) in [5.74, 6) is -0.329. The second-order valence-electron chi connectivity index (χ2n) is 6.14. The molecule has 24 heavy (non-hydrogen) atoms. The molecule has 2 heterocycles. The molecule has 3 rings (SSSR count). The Balaban J connectivity index is 2.01. The molecular weight excluding hydrogens is 350 g/mol. The minimum absolute atomic E-state index is 0.0604. The van der Waals surface area contributed by atoms with E-state index in [4.69, 9.17) is 5.73 Å². The van der Waals surface area contributed by atoms with Crippen molar-refractivity contribution in [3.63, 3.8) is 0 Å². The first kappa shape index (κ1) is 17.2. The van der Waals surface area contributed by atoms with Crippen molar-refractivity contribution < 1.29 is 13.2 Å². The van der Waals surface area contributed by atoms with Crippen LogP contribution in [0.15, 0.2) is 23.1 Å². The number of carbonyl (C=O) groups excluding carboxylic acids is 1. The van der Waals surface area contributed by atoms with Crippen molar-refractivity contribution in [2.45, 2.75) is 43.3 Å². The van der Waals surface area contributed by atoms with Crippen LogP contribution in [-0.4, -0.2) is 52.0 Å². The van der Waals surface area contributed by atoms with Crippen LogP contribution in [0.5, 0.6) is 0 Å². The minimum atomic E-state index is -3.90. The Labute approximate surface area is 144 Å². The summed E-state index contributed by atoms with van der Waals surface area (Å²) in [4.78, 5) is 12.5. The highest BCUT2D eigenvalue weighted by molar-refractivity contribution is 7.89. The summed E-state index contributed by atoms with van der Waals surface area (Å²) >= 11 is 0.955. The van der Waals surface area contributed by atoms with Crippen molar-refractivity contribution >= 4 is 38.7 Å². The molecule has 2 aromatic rings. The summed E-state index contributed by atoms with van der Waals surface area (Å²) in [6, 6.07) is 3.54. The van der Waals surface area contributed by atoms with E-state index in [-0.39, 0.29) is 29.4 Å². The largest absolute Gasteiger partial charge is 0.353 e. The molecule has 1 aromatic heterocycles. The van der Waals surface area contributed by atoms with Gasteiger partial charge in [-0.1, -0.05) is 6.07 Å². The Morgan fingerprint density at radius 1 is 1.42 bits per heavy atom. The third-order valence-corrected chi connectivity index (χ3v) is 6.31. The first-order valence-corrected chi connectivity index (χ1v) is 9.77. The van der Waals surface area contributed by atoms with Gasteiger partial charge in [0.05, 0.1) is 11.7 Å². The van der Waals surface area contributed by atoms with Crippen molar-refractivity contribution in [3.8, 4) is 0 Å². The zero-order valence-electron chi connectivity index (χ0n) is 13.3. The van der Waals surface area contributed by atoms with Gasteiger partial charge >= 0.3 is 0 Å². The maximum atomic E-state index is 13.1. The molecule has 1 aliphatic rings. The average molecular weight is 369 g/mol. The third-order valence-electron chi connectivity index (χ3n) is 3.86. The molecule has 0 aliphatic carbocycles. The number of hydrogen-bond acceptors (Lipinski definition) is 7. The van der Waals surface area contributed by atoms with Gasteiger partial charge in [-0.3, -0.25) is 4.79 Å². The van der Waals surface area contributed by atoms with Gasteiger partial charge in [-0.25, -0.2) is 8.42 Å². The lowest BCUT2D eigenvalue weighted by Crippen LogP contribution is -2.47. The van der Waals surface area contributed by atoms with Crippen molar-refractivity contribution in [1.82, 2.24) is 18.4 Å². The standard InChI is InChI=1S/C14H19N5O3S2/c1-8(2)16-14(20)11-6-9(15)7-19(11)24(21,22)12-5-3-4-10-13(12)18-23-17-10/h3-5,8-9,11H,6-7,15H2,1-2H3,(H,16,20)/t9-,11+/m1/s1. The van der Waals surface area contributed by atoms with Gasteiger partial charge in [-0.2, -0.15) is 13.1 Å². The topological polar surface area (TPSA) is 118 Å². The first-order chi connectivity index (χ1) is 11.3. The summed E-state index contributed by atoms with van der Waals surface area (Å²) in [5.41, 5.74) is 6.79. The van der Waals surface area contributed by atoms with Gasteiger partial charge in [0.25, 0.3) is 0 Å². The maximum absolute atomic E-state index is 13.1. The zero-order chi connectivity index (χ0) is 17.5. The number of nitrogens with two attached hydrogens (primary N) is 1. The highest BCUT2D eigenvalue weighted by atomic mass is 32.2. The fraction of sp³-hybridized carbons (Fsp3) is 0.500. The van der Waals surface area contributed by atoms with Gasteiger partial charge in [-0.05, 0) is 32.4 Å². The lowest BCUT2D eigenvalue weighted by Gasteiger charge is -2.24. The molecular formula is C14H19N5O3S2. The number of nitrogens with zero attached hydrogens (tertiary/aromatic N) is 3. The maximum Gasteiger partial charge on any atom is 0.246 e. The quantitative estimate of drug-likeness (QED) is 0.800. The van der Waals surface area contributed by atoms with Crippen LogP contribution in [0, 0.1) is 0 Å². The number of sulfonamides is 1. The van der Waals surface area contributed by atoms with Crippen LogP contribution >= 0.6 is 11.7 Å². The zero-order valence-corrected chi connectivity index (χ0v) is 15.0. The Bertz CT molecular complexity index is 864. The van der Waals surface area contributed by atoms with Crippen molar-refractivity contribution in [2.24, 2.45) is 5.73 Å². The van der Waals surface area contributed by atoms with Gasteiger partial charge < -0.3 is 11.1 Å². The molecule has 0 radical (unpaired) electrons. The molecule has 0 saturated carbocycles. The highest BCUT2D eigenvalue weighted by Crippen LogP contribution is 2.29. The summed E-state index contributed by atoms with van der Waals surface area (Å²) in [7, 11) is -3.90. The number of nitrogens with one attached hydrogen (secondary N) is 1. The van der Waals surface area contributed by atoms with E-state index in [1.165, 1.54) is 10.4 Å². The molecule has 0 unspecified atom stereocenters. The van der Waals surface area contributed by atoms with Crippen LogP contribution < -0.4 is 11.1 Å². The van der Waals surface area contributed by atoms with Crippen LogP contribution in [0.2, 0.25) is 0 Å². The molecule has 1 saturated heterocycles. The highest BCUT2D eigenvalue weighted by Gasteiger charge is 2.43. The average Bonchev–Trinajstić information content (AvgIpc) is 3.12. The minimum Gasteiger partial charge on any atom is -0.353 e. The van der Waals surface area contributed by atoms with Crippen LogP contribution in [0.25, 0.3) is 11.0 Å². The van der Waals surface area contributed by atoms with Crippen LogP contribution in [0.3, 0.4) is 0 Å². The molecule has 8 nitrogen and oxygen atoms in total. The lowest BCUT2D eigenvalue weighted by molar-refractivity contribution is -0.124. The second-order valence-corrected chi connectivity index (χ2v) is 8.53. The molecule has 10 heteroatoms. The van der Waals surface area contributed by atoms with E-state index in [2.05, 4.69) is 14.1 Å². The van der Waals surface area contributed by atoms with Crippen molar-refractivity contribution in [2.75, 3.05) is 6.54 Å². The van der Waals surface area contributed by atoms with E-state index in [1.54, 1.807) is 12.1 Å². The number of aromatic nitrogens is 2. The van der Waals surface area contributed by atoms with Crippen LogP contribution in [-0.2, 0) is 14.8 Å². The van der Waals surface area contributed by atoms with E-state index < -0.39 is 16.1 Å². The first-order valence-electron chi connectivity index (χ1n) is 7.60. The Kier molecular flexibility index (Phi) is 4.56. The molecule has 1 aromatic carbocycles. The molecule has 3 N–H and O–H groups in total. The van der Waals surface area contributed by atoms with Gasteiger partial charge in [0.15, 0.2) is 0 Å². The predicted molar refractivity (Wildman–Crippen MR) is 91.0 cm³/mol. The molecule has 2 atom stereocenters. The number of hydrogen-bond donors (Lipinski definition) is 2. The smallest absolute Gasteiger partial charge is 0.246 e. The fourth-order valence-corrected chi connectivity index (χ4v) is 5.25. The number of rotatable bonds is 4. The van der Waals surface area contributed by atoms with Crippen molar-refractivity contribution in [3.05, 3.63) is 18.2 Å². The Morgan fingerprint density at radius 3 is 2.88 bits per heavy atom. The molecule has 1 fully saturated rings. The van der Waals surface area contributed by atoms with Crippen LogP contribution in [0.4, 0.5) is 0 Å². The SMILES string of the molecule is CC(C)NC(=O)[C@@H]1C[C@@H](N)CN1S(=O)(=O)c1cccc2nsnc12. The van der Waals surface area contributed by atoms with Crippen LogP contribution in [0.1, 0.15) is 20.3 Å². The van der Waals surface area contributed by atoms with E-state index in [1.807, 2.05) is 13.8 Å². The molecule has 0 spiro atoms. The Morgan fingerprint density at radius 2 is 2.17 bits per heavy atom. The van der Waals surface area contributed by atoms with E-state index in [9.17, 15) is 13.2 Å². The van der Waals surface area contributed by atoms with Gasteiger partial charge in [-0.15, -0.1) is 0 Å². The summed E-state index contributed by atoms with van der Waals surface area (Å²) < 4.78 is 35.6. The molecule has 1 aliphatic heterocycles. The van der Waals surface area contributed by atoms with E-state index >= 15 is 0 Å². The lowest BCUT2D eigenvalue weighted by atomic mass is 10.1.